The first-order valence-electron chi connectivity index (χ1n) is 8.67. The van der Waals surface area contributed by atoms with Gasteiger partial charge in [0.25, 0.3) is 5.69 Å². The fraction of sp³-hybridized carbons (Fsp3) is 0.588. The first-order chi connectivity index (χ1) is 11.7. The Hall–Kier alpha value is -1.42. The number of hydrogen-bond acceptors (Lipinski definition) is 4. The predicted octanol–water partition coefficient (Wildman–Crippen LogP) is 2.75. The van der Waals surface area contributed by atoms with Gasteiger partial charge in [-0.05, 0) is 38.4 Å². The summed E-state index contributed by atoms with van der Waals surface area (Å²) in [5.74, 6) is 0.785. The summed E-state index contributed by atoms with van der Waals surface area (Å²) in [5, 5.41) is 17.3. The number of hydrogen-bond donors (Lipinski definition) is 2. The number of nitrogens with one attached hydrogen (secondary N) is 2. The molecule has 1 heterocycles. The fourth-order valence-corrected chi connectivity index (χ4v) is 2.75. The normalized spacial score (nSPS) is 15.3. The fourth-order valence-electron chi connectivity index (χ4n) is 2.75. The van der Waals surface area contributed by atoms with Gasteiger partial charge < -0.3 is 15.5 Å². The third-order valence-electron chi connectivity index (χ3n) is 4.08. The van der Waals surface area contributed by atoms with Crippen molar-refractivity contribution >= 4 is 35.6 Å². The van der Waals surface area contributed by atoms with E-state index in [0.717, 1.165) is 31.2 Å². The Morgan fingerprint density at radius 3 is 2.48 bits per heavy atom. The number of guanidine groups is 1. The zero-order valence-electron chi connectivity index (χ0n) is 14.7. The van der Waals surface area contributed by atoms with Crippen LogP contribution in [0.1, 0.15) is 31.7 Å². The number of likely N-dealkylation sites (tertiary alicyclic amines) is 1. The maximum atomic E-state index is 10.7. The molecule has 0 radical (unpaired) electrons. The molecule has 25 heavy (non-hydrogen) atoms. The van der Waals surface area contributed by atoms with Gasteiger partial charge in [0.15, 0.2) is 5.96 Å². The molecule has 0 saturated carbocycles. The van der Waals surface area contributed by atoms with Crippen LogP contribution in [0.15, 0.2) is 29.3 Å². The minimum absolute atomic E-state index is 0. The molecule has 0 aromatic heterocycles. The second kappa shape index (κ2) is 12.0. The SMILES string of the molecule is CCNC(=NCc1ccc([N+](=O)[O-])cc1)NCCN1CCCCC1.I. The lowest BCUT2D eigenvalue weighted by atomic mass is 10.1. The number of nitrogens with zero attached hydrogens (tertiary/aromatic N) is 3. The molecule has 1 aromatic carbocycles. The van der Waals surface area contributed by atoms with E-state index in [1.807, 2.05) is 6.92 Å². The number of rotatable bonds is 7. The monoisotopic (exact) mass is 461 g/mol. The predicted molar refractivity (Wildman–Crippen MR) is 112 cm³/mol. The molecule has 1 aromatic rings. The van der Waals surface area contributed by atoms with Crippen LogP contribution >= 0.6 is 24.0 Å². The minimum Gasteiger partial charge on any atom is -0.357 e. The lowest BCUT2D eigenvalue weighted by Crippen LogP contribution is -2.42. The Kier molecular flexibility index (Phi) is 10.4. The highest BCUT2D eigenvalue weighted by molar-refractivity contribution is 14.0. The molecular formula is C17H28IN5O2. The van der Waals surface area contributed by atoms with Crippen molar-refractivity contribution in [3.63, 3.8) is 0 Å². The molecular weight excluding hydrogens is 433 g/mol. The van der Waals surface area contributed by atoms with Gasteiger partial charge in [0.2, 0.25) is 0 Å². The van der Waals surface area contributed by atoms with Crippen LogP contribution in [0.2, 0.25) is 0 Å². The van der Waals surface area contributed by atoms with E-state index in [2.05, 4.69) is 20.5 Å². The van der Waals surface area contributed by atoms with Crippen LogP contribution in [-0.2, 0) is 6.54 Å². The van der Waals surface area contributed by atoms with Crippen LogP contribution in [0.4, 0.5) is 5.69 Å². The second-order valence-corrected chi connectivity index (χ2v) is 5.95. The van der Waals surface area contributed by atoms with Crippen molar-refractivity contribution in [3.8, 4) is 0 Å². The van der Waals surface area contributed by atoms with E-state index >= 15 is 0 Å². The van der Waals surface area contributed by atoms with Gasteiger partial charge in [-0.15, -0.1) is 24.0 Å². The lowest BCUT2D eigenvalue weighted by Gasteiger charge is -2.26. The van der Waals surface area contributed by atoms with Crippen LogP contribution < -0.4 is 10.6 Å². The Morgan fingerprint density at radius 2 is 1.88 bits per heavy atom. The van der Waals surface area contributed by atoms with Crippen LogP contribution in [0.5, 0.6) is 0 Å². The first kappa shape index (κ1) is 21.6. The zero-order chi connectivity index (χ0) is 17.2. The molecule has 0 bridgehead atoms. The highest BCUT2D eigenvalue weighted by Gasteiger charge is 2.09. The van der Waals surface area contributed by atoms with Gasteiger partial charge in [0.05, 0.1) is 11.5 Å². The molecule has 1 saturated heterocycles. The smallest absolute Gasteiger partial charge is 0.269 e. The number of non-ortho nitro benzene ring substituents is 1. The molecule has 0 aliphatic carbocycles. The molecule has 8 heteroatoms. The minimum atomic E-state index is -0.390. The largest absolute Gasteiger partial charge is 0.357 e. The third-order valence-corrected chi connectivity index (χ3v) is 4.08. The molecule has 2 rings (SSSR count). The molecule has 7 nitrogen and oxygen atoms in total. The maximum absolute atomic E-state index is 10.7. The van der Waals surface area contributed by atoms with E-state index in [1.165, 1.54) is 44.5 Å². The van der Waals surface area contributed by atoms with Gasteiger partial charge in [0.1, 0.15) is 0 Å². The molecule has 140 valence electrons. The van der Waals surface area contributed by atoms with Crippen molar-refractivity contribution in [3.05, 3.63) is 39.9 Å². The summed E-state index contributed by atoms with van der Waals surface area (Å²) in [6, 6.07) is 6.53. The summed E-state index contributed by atoms with van der Waals surface area (Å²) in [6.07, 6.45) is 3.95. The summed E-state index contributed by atoms with van der Waals surface area (Å²) >= 11 is 0. The zero-order valence-corrected chi connectivity index (χ0v) is 17.1. The summed E-state index contributed by atoms with van der Waals surface area (Å²) in [7, 11) is 0. The summed E-state index contributed by atoms with van der Waals surface area (Å²) < 4.78 is 0. The lowest BCUT2D eigenvalue weighted by molar-refractivity contribution is -0.384. The molecule has 0 spiro atoms. The third kappa shape index (κ3) is 8.00. The number of aliphatic imine (C=N–C) groups is 1. The standard InChI is InChI=1S/C17H27N5O2.HI/c1-2-18-17(19-10-13-21-11-4-3-5-12-21)20-14-15-6-8-16(9-7-15)22(23)24;/h6-9H,2-5,10-14H2,1H3,(H2,18,19,20);1H. The van der Waals surface area contributed by atoms with Crippen molar-refractivity contribution in [1.82, 2.24) is 15.5 Å². The number of halogens is 1. The van der Waals surface area contributed by atoms with Gasteiger partial charge >= 0.3 is 0 Å². The molecule has 1 fully saturated rings. The van der Waals surface area contributed by atoms with Gasteiger partial charge in [-0.1, -0.05) is 18.6 Å². The Labute approximate surface area is 166 Å². The quantitative estimate of drug-likeness (QED) is 0.215. The molecule has 1 aliphatic heterocycles. The average Bonchev–Trinajstić information content (AvgIpc) is 2.61. The van der Waals surface area contributed by atoms with Crippen molar-refractivity contribution in [2.24, 2.45) is 4.99 Å². The Balaban J connectivity index is 0.00000312. The van der Waals surface area contributed by atoms with E-state index in [1.54, 1.807) is 12.1 Å². The number of nitro benzene ring substituents is 1. The Bertz CT molecular complexity index is 544. The van der Waals surface area contributed by atoms with Crippen LogP contribution in [0, 0.1) is 10.1 Å². The summed E-state index contributed by atoms with van der Waals surface area (Å²) in [4.78, 5) is 17.3. The molecule has 2 N–H and O–H groups in total. The highest BCUT2D eigenvalue weighted by Crippen LogP contribution is 2.12. The average molecular weight is 461 g/mol. The van der Waals surface area contributed by atoms with Crippen molar-refractivity contribution < 1.29 is 4.92 Å². The van der Waals surface area contributed by atoms with Gasteiger partial charge in [0, 0.05) is 31.8 Å². The molecule has 0 unspecified atom stereocenters. The van der Waals surface area contributed by atoms with Crippen LogP contribution in [0.25, 0.3) is 0 Å². The molecule has 0 amide bonds. The molecule has 1 aliphatic rings. The second-order valence-electron chi connectivity index (χ2n) is 5.95. The highest BCUT2D eigenvalue weighted by atomic mass is 127. The van der Waals surface area contributed by atoms with Crippen molar-refractivity contribution in [1.29, 1.82) is 0 Å². The van der Waals surface area contributed by atoms with E-state index in [9.17, 15) is 10.1 Å². The Morgan fingerprint density at radius 1 is 1.20 bits per heavy atom. The van der Waals surface area contributed by atoms with Gasteiger partial charge in [-0.25, -0.2) is 4.99 Å². The first-order valence-corrected chi connectivity index (χ1v) is 8.67. The van der Waals surface area contributed by atoms with Crippen LogP contribution in [0.3, 0.4) is 0 Å². The van der Waals surface area contributed by atoms with E-state index in [0.29, 0.717) is 6.54 Å². The topological polar surface area (TPSA) is 82.8 Å². The van der Waals surface area contributed by atoms with Gasteiger partial charge in [-0.3, -0.25) is 10.1 Å². The van der Waals surface area contributed by atoms with E-state index < -0.39 is 0 Å². The van der Waals surface area contributed by atoms with Crippen molar-refractivity contribution in [2.45, 2.75) is 32.7 Å². The summed E-state index contributed by atoms with van der Waals surface area (Å²) in [6.45, 7) is 7.62. The van der Waals surface area contributed by atoms with E-state index in [-0.39, 0.29) is 34.6 Å². The molecule has 0 atom stereocenters. The number of piperidine rings is 1. The summed E-state index contributed by atoms with van der Waals surface area (Å²) in [5.41, 5.74) is 1.06. The van der Waals surface area contributed by atoms with Crippen LogP contribution in [-0.4, -0.2) is 48.5 Å². The van der Waals surface area contributed by atoms with Crippen molar-refractivity contribution in [2.75, 3.05) is 32.7 Å². The number of nitro groups is 1. The van der Waals surface area contributed by atoms with E-state index in [4.69, 9.17) is 0 Å². The maximum Gasteiger partial charge on any atom is 0.269 e. The number of benzene rings is 1. The van der Waals surface area contributed by atoms with Gasteiger partial charge in [-0.2, -0.15) is 0 Å².